The Hall–Kier alpha value is -2.21. The van der Waals surface area contributed by atoms with E-state index in [9.17, 15) is 4.79 Å². The molecule has 4 rings (SSSR count). The van der Waals surface area contributed by atoms with E-state index >= 15 is 0 Å². The number of likely N-dealkylation sites (tertiary alicyclic amines) is 1. The van der Waals surface area contributed by atoms with Gasteiger partial charge in [0.2, 0.25) is 5.89 Å². The number of nitrogens with zero attached hydrogens (tertiary/aromatic N) is 3. The molecule has 1 saturated heterocycles. The second-order valence-corrected chi connectivity index (χ2v) is 7.21. The molecule has 132 valence electrons. The molecular formula is C19H23N3O3. The Balaban J connectivity index is 1.49. The number of hydrogen-bond donors (Lipinski definition) is 0. The first kappa shape index (κ1) is 16.3. The van der Waals surface area contributed by atoms with Gasteiger partial charge >= 0.3 is 0 Å². The maximum Gasteiger partial charge on any atom is 0.253 e. The molecule has 0 bridgehead atoms. The van der Waals surface area contributed by atoms with E-state index in [-0.39, 0.29) is 17.7 Å². The molecule has 3 heterocycles. The molecule has 2 aliphatic rings. The van der Waals surface area contributed by atoms with Crippen LogP contribution in [-0.4, -0.2) is 34.0 Å². The summed E-state index contributed by atoms with van der Waals surface area (Å²) in [6, 6.07) is 5.88. The lowest BCUT2D eigenvalue weighted by atomic mass is 9.96. The Kier molecular flexibility index (Phi) is 4.29. The van der Waals surface area contributed by atoms with Crippen molar-refractivity contribution in [1.29, 1.82) is 0 Å². The third-order valence-electron chi connectivity index (χ3n) is 4.99. The van der Waals surface area contributed by atoms with Crippen LogP contribution in [0.3, 0.4) is 0 Å². The number of hydrogen-bond acceptors (Lipinski definition) is 5. The summed E-state index contributed by atoms with van der Waals surface area (Å²) in [6.07, 6.45) is 1.94. The zero-order valence-corrected chi connectivity index (χ0v) is 14.7. The number of carbonyl (C=O) groups is 1. The van der Waals surface area contributed by atoms with E-state index in [0.717, 1.165) is 36.3 Å². The van der Waals surface area contributed by atoms with Gasteiger partial charge in [-0.15, -0.1) is 0 Å². The predicted octanol–water partition coefficient (Wildman–Crippen LogP) is 3.24. The molecule has 1 fully saturated rings. The van der Waals surface area contributed by atoms with Crippen LogP contribution in [-0.2, 0) is 18.0 Å². The van der Waals surface area contributed by atoms with Crippen molar-refractivity contribution in [3.8, 4) is 0 Å². The smallest absolute Gasteiger partial charge is 0.253 e. The lowest BCUT2D eigenvalue weighted by Crippen LogP contribution is -2.39. The number of fused-ring (bicyclic) bond motifs is 1. The fourth-order valence-electron chi connectivity index (χ4n) is 3.51. The molecule has 0 saturated carbocycles. The highest BCUT2D eigenvalue weighted by molar-refractivity contribution is 5.94. The van der Waals surface area contributed by atoms with E-state index in [1.807, 2.05) is 36.9 Å². The van der Waals surface area contributed by atoms with Crippen LogP contribution in [0, 0.1) is 0 Å². The monoisotopic (exact) mass is 341 g/mol. The van der Waals surface area contributed by atoms with E-state index in [4.69, 9.17) is 9.26 Å². The first-order valence-electron chi connectivity index (χ1n) is 8.94. The molecule has 0 spiro atoms. The molecular weight excluding hydrogens is 318 g/mol. The van der Waals surface area contributed by atoms with Gasteiger partial charge in [-0.1, -0.05) is 25.1 Å². The number of aromatic nitrogens is 2. The lowest BCUT2D eigenvalue weighted by molar-refractivity contribution is 0.0703. The van der Waals surface area contributed by atoms with Crippen molar-refractivity contribution < 1.29 is 14.1 Å². The molecule has 6 heteroatoms. The van der Waals surface area contributed by atoms with E-state index in [1.165, 1.54) is 5.56 Å². The Morgan fingerprint density at radius 3 is 2.92 bits per heavy atom. The van der Waals surface area contributed by atoms with Crippen molar-refractivity contribution in [2.24, 2.45) is 0 Å². The standard InChI is InChI=1S/C19H23N3O3/c1-12(2)18-20-17(21-25-18)14-4-3-7-22(9-14)19(23)13-5-6-15-10-24-11-16(15)8-13/h5-6,8,12,14H,3-4,7,9-11H2,1-2H3/t14-/m0/s1. The summed E-state index contributed by atoms with van der Waals surface area (Å²) in [4.78, 5) is 19.3. The maximum atomic E-state index is 12.9. The molecule has 0 aliphatic carbocycles. The van der Waals surface area contributed by atoms with Gasteiger partial charge in [-0.25, -0.2) is 0 Å². The molecule has 0 unspecified atom stereocenters. The van der Waals surface area contributed by atoms with Gasteiger partial charge in [0, 0.05) is 30.5 Å². The topological polar surface area (TPSA) is 68.5 Å². The number of piperidine rings is 1. The number of carbonyl (C=O) groups excluding carboxylic acids is 1. The van der Waals surface area contributed by atoms with Crippen LogP contribution in [0.4, 0.5) is 0 Å². The minimum absolute atomic E-state index is 0.0759. The third kappa shape index (κ3) is 3.18. The molecule has 1 atom stereocenters. The summed E-state index contributed by atoms with van der Waals surface area (Å²) >= 11 is 0. The second kappa shape index (κ2) is 6.59. The summed E-state index contributed by atoms with van der Waals surface area (Å²) in [5.74, 6) is 1.83. The van der Waals surface area contributed by atoms with Crippen LogP contribution < -0.4 is 0 Å². The van der Waals surface area contributed by atoms with Gasteiger partial charge in [0.05, 0.1) is 13.2 Å². The third-order valence-corrected chi connectivity index (χ3v) is 4.99. The van der Waals surface area contributed by atoms with Crippen molar-refractivity contribution in [2.75, 3.05) is 13.1 Å². The average molecular weight is 341 g/mol. The normalized spacial score (nSPS) is 20.1. The molecule has 1 aromatic carbocycles. The van der Waals surface area contributed by atoms with Gasteiger partial charge in [-0.05, 0) is 36.1 Å². The number of rotatable bonds is 3. The highest BCUT2D eigenvalue weighted by Gasteiger charge is 2.29. The molecule has 6 nitrogen and oxygen atoms in total. The number of ether oxygens (including phenoxy) is 1. The van der Waals surface area contributed by atoms with Gasteiger partial charge in [0.25, 0.3) is 5.91 Å². The van der Waals surface area contributed by atoms with Crippen molar-refractivity contribution in [3.05, 3.63) is 46.6 Å². The molecule has 0 radical (unpaired) electrons. The fourth-order valence-corrected chi connectivity index (χ4v) is 3.51. The predicted molar refractivity (Wildman–Crippen MR) is 91.2 cm³/mol. The second-order valence-electron chi connectivity index (χ2n) is 7.21. The lowest BCUT2D eigenvalue weighted by Gasteiger charge is -2.31. The van der Waals surface area contributed by atoms with Crippen molar-refractivity contribution in [1.82, 2.24) is 15.0 Å². The van der Waals surface area contributed by atoms with E-state index < -0.39 is 0 Å². The van der Waals surface area contributed by atoms with Gasteiger partial charge in [-0.2, -0.15) is 4.98 Å². The van der Waals surface area contributed by atoms with Crippen LogP contribution >= 0.6 is 0 Å². The molecule has 1 aromatic heterocycles. The summed E-state index contributed by atoms with van der Waals surface area (Å²) in [5.41, 5.74) is 3.04. The fraction of sp³-hybridized carbons (Fsp3) is 0.526. The Labute approximate surface area is 147 Å². The minimum atomic E-state index is 0.0759. The molecule has 0 N–H and O–H groups in total. The van der Waals surface area contributed by atoms with Gasteiger partial charge in [0.15, 0.2) is 5.82 Å². The van der Waals surface area contributed by atoms with Gasteiger partial charge < -0.3 is 14.2 Å². The minimum Gasteiger partial charge on any atom is -0.372 e. The summed E-state index contributed by atoms with van der Waals surface area (Å²) in [7, 11) is 0. The van der Waals surface area contributed by atoms with E-state index in [1.54, 1.807) is 0 Å². The van der Waals surface area contributed by atoms with Crippen LogP contribution in [0.2, 0.25) is 0 Å². The zero-order chi connectivity index (χ0) is 17.4. The summed E-state index contributed by atoms with van der Waals surface area (Å²) in [6.45, 7) is 6.73. The van der Waals surface area contributed by atoms with Crippen LogP contribution in [0.1, 0.15) is 71.7 Å². The molecule has 1 amide bonds. The van der Waals surface area contributed by atoms with Crippen molar-refractivity contribution >= 4 is 5.91 Å². The molecule has 25 heavy (non-hydrogen) atoms. The zero-order valence-electron chi connectivity index (χ0n) is 14.7. The summed E-state index contributed by atoms with van der Waals surface area (Å²) in [5, 5.41) is 4.13. The van der Waals surface area contributed by atoms with Crippen molar-refractivity contribution in [2.45, 2.75) is 51.7 Å². The first-order chi connectivity index (χ1) is 12.1. The SMILES string of the molecule is CC(C)c1nc([C@H]2CCCN(C(=O)c3ccc4c(c3)COC4)C2)no1. The van der Waals surface area contributed by atoms with Gasteiger partial charge in [0.1, 0.15) is 0 Å². The highest BCUT2D eigenvalue weighted by Crippen LogP contribution is 2.28. The quantitative estimate of drug-likeness (QED) is 0.857. The van der Waals surface area contributed by atoms with Gasteiger partial charge in [-0.3, -0.25) is 4.79 Å². The first-order valence-corrected chi connectivity index (χ1v) is 8.94. The maximum absolute atomic E-state index is 12.9. The number of benzene rings is 1. The number of amides is 1. The Morgan fingerprint density at radius 2 is 2.12 bits per heavy atom. The van der Waals surface area contributed by atoms with Crippen LogP contribution in [0.25, 0.3) is 0 Å². The Bertz CT molecular complexity index is 784. The molecule has 2 aromatic rings. The highest BCUT2D eigenvalue weighted by atomic mass is 16.5. The largest absolute Gasteiger partial charge is 0.372 e. The van der Waals surface area contributed by atoms with Crippen LogP contribution in [0.15, 0.2) is 22.7 Å². The Morgan fingerprint density at radius 1 is 1.28 bits per heavy atom. The van der Waals surface area contributed by atoms with Crippen molar-refractivity contribution in [3.63, 3.8) is 0 Å². The molecule has 2 aliphatic heterocycles. The summed E-state index contributed by atoms with van der Waals surface area (Å²) < 4.78 is 10.8. The average Bonchev–Trinajstić information content (AvgIpc) is 3.30. The van der Waals surface area contributed by atoms with Crippen LogP contribution in [0.5, 0.6) is 0 Å². The van der Waals surface area contributed by atoms with E-state index in [0.29, 0.717) is 25.6 Å². The van der Waals surface area contributed by atoms with E-state index in [2.05, 4.69) is 10.1 Å².